The Balaban J connectivity index is 1.44. The number of nitrogens with one attached hydrogen (secondary N) is 1. The number of piperidine rings is 1. The van der Waals surface area contributed by atoms with Crippen LogP contribution in [0.1, 0.15) is 59.7 Å². The highest BCUT2D eigenvalue weighted by molar-refractivity contribution is 6.05. The molecule has 8 nitrogen and oxygen atoms in total. The van der Waals surface area contributed by atoms with Crippen molar-refractivity contribution in [1.82, 2.24) is 25.2 Å². The Kier molecular flexibility index (Phi) is 5.74. The zero-order valence-corrected chi connectivity index (χ0v) is 18.0. The molecule has 2 aliphatic heterocycles. The molecule has 1 aromatic carbocycles. The molecule has 160 valence electrons. The topological polar surface area (TPSA) is 83.4 Å². The van der Waals surface area contributed by atoms with Gasteiger partial charge in [0.2, 0.25) is 0 Å². The Hall–Kier alpha value is -2.90. The number of fused-ring (bicyclic) bond motifs is 1. The molecule has 2 amide bonds. The molecular weight excluding hydrogens is 380 g/mol. The van der Waals surface area contributed by atoms with Crippen molar-refractivity contribution in [3.05, 3.63) is 41.2 Å². The average molecular weight is 411 g/mol. The molecule has 0 aliphatic carbocycles. The van der Waals surface area contributed by atoms with E-state index in [0.29, 0.717) is 13.1 Å². The second-order valence-electron chi connectivity index (χ2n) is 8.67. The number of benzene rings is 1. The molecule has 0 spiro atoms. The Morgan fingerprint density at radius 1 is 1.20 bits per heavy atom. The van der Waals surface area contributed by atoms with E-state index in [0.717, 1.165) is 18.7 Å². The van der Waals surface area contributed by atoms with Gasteiger partial charge in [-0.25, -0.2) is 4.68 Å². The van der Waals surface area contributed by atoms with Gasteiger partial charge in [-0.2, -0.15) is 0 Å². The average Bonchev–Trinajstić information content (AvgIpc) is 3.19. The van der Waals surface area contributed by atoms with E-state index in [2.05, 4.69) is 44.8 Å². The van der Waals surface area contributed by atoms with Gasteiger partial charge in [-0.3, -0.25) is 9.59 Å². The van der Waals surface area contributed by atoms with E-state index < -0.39 is 0 Å². The lowest BCUT2D eigenvalue weighted by atomic mass is 10.0. The number of carbonyl (C=O) groups excluding carboxylic acids is 2. The van der Waals surface area contributed by atoms with Gasteiger partial charge in [-0.1, -0.05) is 31.2 Å². The minimum absolute atomic E-state index is 0.00852. The predicted octanol–water partition coefficient (Wildman–Crippen LogP) is 2.31. The number of anilines is 1. The highest BCUT2D eigenvalue weighted by Crippen LogP contribution is 2.21. The number of nitrogens with zero attached hydrogens (tertiary/aromatic N) is 5. The van der Waals surface area contributed by atoms with Crippen molar-refractivity contribution in [2.45, 2.75) is 52.2 Å². The maximum absolute atomic E-state index is 13.0. The van der Waals surface area contributed by atoms with Gasteiger partial charge in [0, 0.05) is 32.4 Å². The third-order valence-electron chi connectivity index (χ3n) is 6.07. The number of hydrogen-bond donors (Lipinski definition) is 1. The quantitative estimate of drug-likeness (QED) is 0.818. The monoisotopic (exact) mass is 410 g/mol. The van der Waals surface area contributed by atoms with Crippen molar-refractivity contribution < 1.29 is 9.59 Å². The van der Waals surface area contributed by atoms with Crippen molar-refractivity contribution in [2.24, 2.45) is 5.92 Å². The van der Waals surface area contributed by atoms with Crippen molar-refractivity contribution in [3.8, 4) is 0 Å². The van der Waals surface area contributed by atoms with E-state index in [1.165, 1.54) is 24.9 Å². The molecular formula is C22H30N6O2. The third kappa shape index (κ3) is 4.04. The van der Waals surface area contributed by atoms with Crippen molar-refractivity contribution in [1.29, 1.82) is 0 Å². The Morgan fingerprint density at radius 2 is 1.90 bits per heavy atom. The fourth-order valence-electron chi connectivity index (χ4n) is 4.15. The first-order valence-corrected chi connectivity index (χ1v) is 10.8. The maximum Gasteiger partial charge on any atom is 0.276 e. The SMILES string of the molecule is CC(C)C1Cn2nnc(C(=O)N(C)Cc3ccc(N4CCCCC4)cc3)c2C(=O)N1. The second kappa shape index (κ2) is 8.45. The zero-order valence-electron chi connectivity index (χ0n) is 18.0. The molecule has 1 atom stereocenters. The van der Waals surface area contributed by atoms with E-state index in [4.69, 9.17) is 0 Å². The number of carbonyl (C=O) groups is 2. The minimum atomic E-state index is -0.297. The number of rotatable bonds is 5. The lowest BCUT2D eigenvalue weighted by Gasteiger charge is -2.29. The van der Waals surface area contributed by atoms with Crippen LogP contribution < -0.4 is 10.2 Å². The summed E-state index contributed by atoms with van der Waals surface area (Å²) in [5.41, 5.74) is 2.64. The van der Waals surface area contributed by atoms with Gasteiger partial charge in [0.1, 0.15) is 0 Å². The molecule has 1 aromatic heterocycles. The van der Waals surface area contributed by atoms with Crippen LogP contribution in [0.25, 0.3) is 0 Å². The number of aromatic nitrogens is 3. The lowest BCUT2D eigenvalue weighted by molar-refractivity contribution is 0.0765. The molecule has 2 aliphatic rings. The highest BCUT2D eigenvalue weighted by atomic mass is 16.2. The van der Waals surface area contributed by atoms with E-state index >= 15 is 0 Å². The smallest absolute Gasteiger partial charge is 0.276 e. The van der Waals surface area contributed by atoms with Crippen LogP contribution in [0.3, 0.4) is 0 Å². The summed E-state index contributed by atoms with van der Waals surface area (Å²) >= 11 is 0. The molecule has 30 heavy (non-hydrogen) atoms. The van der Waals surface area contributed by atoms with Gasteiger partial charge >= 0.3 is 0 Å². The van der Waals surface area contributed by atoms with E-state index in [-0.39, 0.29) is 35.2 Å². The minimum Gasteiger partial charge on any atom is -0.372 e. The lowest BCUT2D eigenvalue weighted by Crippen LogP contribution is -2.48. The summed E-state index contributed by atoms with van der Waals surface area (Å²) in [6.45, 7) is 7.28. The van der Waals surface area contributed by atoms with Crippen molar-refractivity contribution >= 4 is 17.5 Å². The Bertz CT molecular complexity index is 914. The van der Waals surface area contributed by atoms with Gasteiger partial charge in [-0.15, -0.1) is 5.10 Å². The van der Waals surface area contributed by atoms with Gasteiger partial charge in [0.15, 0.2) is 11.4 Å². The van der Waals surface area contributed by atoms with Crippen LogP contribution in [0.4, 0.5) is 5.69 Å². The highest BCUT2D eigenvalue weighted by Gasteiger charge is 2.34. The molecule has 0 bridgehead atoms. The first-order chi connectivity index (χ1) is 14.4. The molecule has 3 heterocycles. The van der Waals surface area contributed by atoms with Gasteiger partial charge < -0.3 is 15.1 Å². The first-order valence-electron chi connectivity index (χ1n) is 10.8. The largest absolute Gasteiger partial charge is 0.372 e. The van der Waals surface area contributed by atoms with Gasteiger partial charge in [0.25, 0.3) is 11.8 Å². The fraction of sp³-hybridized carbons (Fsp3) is 0.545. The molecule has 4 rings (SSSR count). The molecule has 1 N–H and O–H groups in total. The molecule has 0 saturated carbocycles. The molecule has 2 aromatic rings. The molecule has 1 unspecified atom stereocenters. The Morgan fingerprint density at radius 3 is 2.57 bits per heavy atom. The first kappa shape index (κ1) is 20.4. The van der Waals surface area contributed by atoms with Crippen LogP contribution in [-0.4, -0.2) is 57.9 Å². The number of amides is 2. The van der Waals surface area contributed by atoms with E-state index in [1.54, 1.807) is 16.6 Å². The number of hydrogen-bond acceptors (Lipinski definition) is 5. The molecule has 0 radical (unpaired) electrons. The van der Waals surface area contributed by atoms with Crippen LogP contribution in [0.2, 0.25) is 0 Å². The van der Waals surface area contributed by atoms with Crippen LogP contribution in [0, 0.1) is 5.92 Å². The zero-order chi connectivity index (χ0) is 21.3. The molecule has 1 fully saturated rings. The summed E-state index contributed by atoms with van der Waals surface area (Å²) in [5.74, 6) is -0.303. The van der Waals surface area contributed by atoms with Crippen molar-refractivity contribution in [2.75, 3.05) is 25.0 Å². The normalized spacial score (nSPS) is 18.9. The summed E-state index contributed by atoms with van der Waals surface area (Å²) < 4.78 is 1.55. The van der Waals surface area contributed by atoms with Gasteiger partial charge in [-0.05, 0) is 42.9 Å². The van der Waals surface area contributed by atoms with Crippen molar-refractivity contribution in [3.63, 3.8) is 0 Å². The molecule has 1 saturated heterocycles. The summed E-state index contributed by atoms with van der Waals surface area (Å²) in [6, 6.07) is 8.37. The van der Waals surface area contributed by atoms with Gasteiger partial charge in [0.05, 0.1) is 12.6 Å². The summed E-state index contributed by atoms with van der Waals surface area (Å²) in [7, 11) is 1.73. The summed E-state index contributed by atoms with van der Waals surface area (Å²) in [6.07, 6.45) is 3.80. The summed E-state index contributed by atoms with van der Waals surface area (Å²) in [4.78, 5) is 29.5. The second-order valence-corrected chi connectivity index (χ2v) is 8.67. The fourth-order valence-corrected chi connectivity index (χ4v) is 4.15. The van der Waals surface area contributed by atoms with Crippen LogP contribution in [0.15, 0.2) is 24.3 Å². The molecule has 8 heteroatoms. The van der Waals surface area contributed by atoms with E-state index in [1.807, 2.05) is 13.8 Å². The van der Waals surface area contributed by atoms with Crippen LogP contribution in [0.5, 0.6) is 0 Å². The Labute approximate surface area is 177 Å². The van der Waals surface area contributed by atoms with Crippen LogP contribution in [-0.2, 0) is 13.1 Å². The third-order valence-corrected chi connectivity index (χ3v) is 6.07. The maximum atomic E-state index is 13.0. The van der Waals surface area contributed by atoms with E-state index in [9.17, 15) is 9.59 Å². The summed E-state index contributed by atoms with van der Waals surface area (Å²) in [5, 5.41) is 11.1. The predicted molar refractivity (Wildman–Crippen MR) is 114 cm³/mol. The standard InChI is InChI=1S/C22H30N6O2/c1-15(2)18-14-28-20(21(29)23-18)19(24-25-28)22(30)26(3)13-16-7-9-17(10-8-16)27-11-5-4-6-12-27/h7-10,15,18H,4-6,11-14H2,1-3H3,(H,23,29). The van der Waals surface area contributed by atoms with Crippen LogP contribution >= 0.6 is 0 Å².